The van der Waals surface area contributed by atoms with Crippen LogP contribution in [-0.2, 0) is 0 Å². The van der Waals surface area contributed by atoms with Crippen LogP contribution in [0.25, 0.3) is 0 Å². The van der Waals surface area contributed by atoms with E-state index in [0.29, 0.717) is 11.5 Å². The first-order valence-corrected chi connectivity index (χ1v) is 8.36. The number of nitrogens with zero attached hydrogens (tertiary/aromatic N) is 1. The highest BCUT2D eigenvalue weighted by Gasteiger charge is 2.43. The molecule has 0 amide bonds. The predicted octanol–water partition coefficient (Wildman–Crippen LogP) is 4.63. The van der Waals surface area contributed by atoms with Crippen LogP contribution >= 0.6 is 11.6 Å². The topological polar surface area (TPSA) is 29.3 Å². The standard InChI is InChI=1S/C18H29ClN2/c1-14(15-7-5-8-16(19)11-15)21(4)18(13-20)10-6-9-17(2,3)12-18/h5,7-8,11,14H,6,9-10,12-13,20H2,1-4H3. The molecule has 1 aromatic rings. The molecule has 1 aliphatic carbocycles. The summed E-state index contributed by atoms with van der Waals surface area (Å²) in [7, 11) is 2.22. The first kappa shape index (κ1) is 16.8. The predicted molar refractivity (Wildman–Crippen MR) is 91.7 cm³/mol. The fraction of sp³-hybridized carbons (Fsp3) is 0.667. The van der Waals surface area contributed by atoms with Crippen molar-refractivity contribution in [3.63, 3.8) is 0 Å². The Kier molecular flexibility index (Phi) is 5.02. The molecule has 0 bridgehead atoms. The van der Waals surface area contributed by atoms with Gasteiger partial charge in [-0.1, -0.05) is 44.0 Å². The molecule has 0 heterocycles. The molecule has 118 valence electrons. The molecule has 3 heteroatoms. The number of nitrogens with two attached hydrogens (primary N) is 1. The quantitative estimate of drug-likeness (QED) is 0.878. The molecular formula is C18H29ClN2. The van der Waals surface area contributed by atoms with Gasteiger partial charge in [0.2, 0.25) is 0 Å². The first-order valence-electron chi connectivity index (χ1n) is 7.98. The molecule has 2 rings (SSSR count). The molecule has 0 spiro atoms. The van der Waals surface area contributed by atoms with Gasteiger partial charge in [0.1, 0.15) is 0 Å². The van der Waals surface area contributed by atoms with E-state index in [1.54, 1.807) is 0 Å². The molecule has 2 N–H and O–H groups in total. The van der Waals surface area contributed by atoms with Gasteiger partial charge in [0.05, 0.1) is 0 Å². The van der Waals surface area contributed by atoms with E-state index in [1.807, 2.05) is 12.1 Å². The lowest BCUT2D eigenvalue weighted by atomic mass is 9.67. The Morgan fingerprint density at radius 1 is 1.33 bits per heavy atom. The third-order valence-electron chi connectivity index (χ3n) is 5.34. The Labute approximate surface area is 134 Å². The number of hydrogen-bond acceptors (Lipinski definition) is 2. The molecule has 2 atom stereocenters. The Balaban J connectivity index is 2.25. The fourth-order valence-electron chi connectivity index (χ4n) is 3.98. The van der Waals surface area contributed by atoms with Crippen molar-refractivity contribution >= 4 is 11.6 Å². The first-order chi connectivity index (χ1) is 9.80. The number of benzene rings is 1. The molecular weight excluding hydrogens is 280 g/mol. The lowest BCUT2D eigenvalue weighted by molar-refractivity contribution is 0.00389. The average molecular weight is 309 g/mol. The van der Waals surface area contributed by atoms with E-state index < -0.39 is 0 Å². The van der Waals surface area contributed by atoms with E-state index in [-0.39, 0.29) is 5.54 Å². The SMILES string of the molecule is CC(c1cccc(Cl)c1)N(C)C1(CN)CCCC(C)(C)C1. The van der Waals surface area contributed by atoms with Gasteiger partial charge >= 0.3 is 0 Å². The monoisotopic (exact) mass is 308 g/mol. The summed E-state index contributed by atoms with van der Waals surface area (Å²) >= 11 is 6.15. The van der Waals surface area contributed by atoms with Crippen molar-refractivity contribution in [1.29, 1.82) is 0 Å². The maximum Gasteiger partial charge on any atom is 0.0409 e. The van der Waals surface area contributed by atoms with Crippen LogP contribution in [0.3, 0.4) is 0 Å². The normalized spacial score (nSPS) is 26.8. The highest BCUT2D eigenvalue weighted by atomic mass is 35.5. The summed E-state index contributed by atoms with van der Waals surface area (Å²) in [5, 5.41) is 0.804. The lowest BCUT2D eigenvalue weighted by Gasteiger charge is -2.51. The van der Waals surface area contributed by atoms with Crippen molar-refractivity contribution in [2.75, 3.05) is 13.6 Å². The van der Waals surface area contributed by atoms with Gasteiger partial charge in [-0.3, -0.25) is 4.90 Å². The zero-order valence-electron chi connectivity index (χ0n) is 13.8. The van der Waals surface area contributed by atoms with Crippen LogP contribution in [-0.4, -0.2) is 24.0 Å². The maximum atomic E-state index is 6.24. The van der Waals surface area contributed by atoms with Gasteiger partial charge in [-0.05, 0) is 56.3 Å². The van der Waals surface area contributed by atoms with Crippen molar-refractivity contribution in [1.82, 2.24) is 4.90 Å². The van der Waals surface area contributed by atoms with Crippen LogP contribution in [0.5, 0.6) is 0 Å². The number of likely N-dealkylation sites (N-methyl/N-ethyl adjacent to an activating group) is 1. The van der Waals surface area contributed by atoms with Crippen LogP contribution in [0.15, 0.2) is 24.3 Å². The number of halogens is 1. The van der Waals surface area contributed by atoms with Crippen molar-refractivity contribution < 1.29 is 0 Å². The van der Waals surface area contributed by atoms with Gasteiger partial charge in [0.15, 0.2) is 0 Å². The summed E-state index contributed by atoms with van der Waals surface area (Å²) in [5.74, 6) is 0. The zero-order chi connectivity index (χ0) is 15.7. The number of hydrogen-bond donors (Lipinski definition) is 1. The summed E-state index contributed by atoms with van der Waals surface area (Å²) in [6, 6.07) is 8.51. The Hall–Kier alpha value is -0.570. The van der Waals surface area contributed by atoms with Crippen molar-refractivity contribution in [3.8, 4) is 0 Å². The summed E-state index contributed by atoms with van der Waals surface area (Å²) < 4.78 is 0. The molecule has 1 aromatic carbocycles. The van der Waals surface area contributed by atoms with Gasteiger partial charge < -0.3 is 5.73 Å². The van der Waals surface area contributed by atoms with Crippen molar-refractivity contribution in [2.45, 2.75) is 58.0 Å². The number of rotatable bonds is 4. The molecule has 1 fully saturated rings. The van der Waals surface area contributed by atoms with Crippen molar-refractivity contribution in [3.05, 3.63) is 34.9 Å². The van der Waals surface area contributed by atoms with Crippen LogP contribution < -0.4 is 5.73 Å². The average Bonchev–Trinajstić information content (AvgIpc) is 2.44. The molecule has 2 nitrogen and oxygen atoms in total. The summed E-state index contributed by atoms with van der Waals surface area (Å²) in [6.45, 7) is 7.71. The van der Waals surface area contributed by atoms with E-state index in [4.69, 9.17) is 17.3 Å². The Morgan fingerprint density at radius 3 is 2.62 bits per heavy atom. The largest absolute Gasteiger partial charge is 0.329 e. The minimum Gasteiger partial charge on any atom is -0.329 e. The molecule has 0 radical (unpaired) electrons. The summed E-state index contributed by atoms with van der Waals surface area (Å²) in [6.07, 6.45) is 4.91. The molecule has 1 aliphatic rings. The van der Waals surface area contributed by atoms with Crippen LogP contribution in [0.2, 0.25) is 5.02 Å². The molecule has 21 heavy (non-hydrogen) atoms. The Morgan fingerprint density at radius 2 is 2.05 bits per heavy atom. The van der Waals surface area contributed by atoms with Crippen LogP contribution in [0.1, 0.15) is 58.1 Å². The minimum atomic E-state index is 0.101. The van der Waals surface area contributed by atoms with E-state index in [9.17, 15) is 0 Å². The van der Waals surface area contributed by atoms with Crippen LogP contribution in [0, 0.1) is 5.41 Å². The van der Waals surface area contributed by atoms with Gasteiger partial charge in [-0.2, -0.15) is 0 Å². The third kappa shape index (κ3) is 3.61. The second kappa shape index (κ2) is 6.28. The van der Waals surface area contributed by atoms with E-state index in [2.05, 4.69) is 44.9 Å². The van der Waals surface area contributed by atoms with Crippen LogP contribution in [0.4, 0.5) is 0 Å². The van der Waals surface area contributed by atoms with Gasteiger partial charge in [0, 0.05) is 23.1 Å². The second-order valence-corrected chi connectivity index (χ2v) is 7.90. The van der Waals surface area contributed by atoms with Crippen molar-refractivity contribution in [2.24, 2.45) is 11.1 Å². The molecule has 1 saturated carbocycles. The van der Waals surface area contributed by atoms with Gasteiger partial charge in [-0.25, -0.2) is 0 Å². The zero-order valence-corrected chi connectivity index (χ0v) is 14.6. The highest BCUT2D eigenvalue weighted by Crippen LogP contribution is 2.45. The van der Waals surface area contributed by atoms with E-state index in [1.165, 1.54) is 24.8 Å². The summed E-state index contributed by atoms with van der Waals surface area (Å²) in [4.78, 5) is 2.49. The molecule has 2 unspecified atom stereocenters. The Bertz CT molecular complexity index is 486. The molecule has 0 aromatic heterocycles. The third-order valence-corrected chi connectivity index (χ3v) is 5.58. The van der Waals surface area contributed by atoms with E-state index >= 15 is 0 Å². The van der Waals surface area contributed by atoms with Gasteiger partial charge in [-0.15, -0.1) is 0 Å². The highest BCUT2D eigenvalue weighted by molar-refractivity contribution is 6.30. The van der Waals surface area contributed by atoms with E-state index in [0.717, 1.165) is 18.0 Å². The molecule has 0 aliphatic heterocycles. The lowest BCUT2D eigenvalue weighted by Crippen LogP contribution is -2.56. The van der Waals surface area contributed by atoms with Gasteiger partial charge in [0.25, 0.3) is 0 Å². The second-order valence-electron chi connectivity index (χ2n) is 7.46. The fourth-order valence-corrected chi connectivity index (χ4v) is 4.18. The molecule has 0 saturated heterocycles. The summed E-state index contributed by atoms with van der Waals surface area (Å²) in [5.41, 5.74) is 7.98. The maximum absolute atomic E-state index is 6.24. The smallest absolute Gasteiger partial charge is 0.0409 e. The minimum absolute atomic E-state index is 0.101.